The van der Waals surface area contributed by atoms with Gasteiger partial charge in [0.15, 0.2) is 6.61 Å². The average Bonchev–Trinajstić information content (AvgIpc) is 2.77. The molecule has 30 heavy (non-hydrogen) atoms. The van der Waals surface area contributed by atoms with Crippen molar-refractivity contribution in [3.63, 3.8) is 0 Å². The minimum atomic E-state index is -1.02. The quantitative estimate of drug-likeness (QED) is 0.383. The summed E-state index contributed by atoms with van der Waals surface area (Å²) in [5.41, 5.74) is 4.86. The van der Waals surface area contributed by atoms with Crippen LogP contribution in [0.5, 0.6) is 5.75 Å². The van der Waals surface area contributed by atoms with Crippen LogP contribution in [-0.2, 0) is 11.2 Å². The summed E-state index contributed by atoms with van der Waals surface area (Å²) in [5, 5.41) is 9.26. The molecular formula is C25H23ClO3S. The zero-order chi connectivity index (χ0) is 21.3. The van der Waals surface area contributed by atoms with Crippen LogP contribution in [0.1, 0.15) is 23.6 Å². The van der Waals surface area contributed by atoms with Crippen LogP contribution in [0.15, 0.2) is 83.8 Å². The first-order valence-electron chi connectivity index (χ1n) is 9.68. The first-order chi connectivity index (χ1) is 14.6. The Kier molecular flexibility index (Phi) is 8.00. The van der Waals surface area contributed by atoms with E-state index in [2.05, 4.69) is 49.4 Å². The fraction of sp³-hybridized carbons (Fsp3) is 0.160. The minimum Gasteiger partial charge on any atom is -0.482 e. The van der Waals surface area contributed by atoms with Crippen LogP contribution < -0.4 is 4.74 Å². The van der Waals surface area contributed by atoms with Gasteiger partial charge in [-0.2, -0.15) is 0 Å². The summed E-state index contributed by atoms with van der Waals surface area (Å²) in [6.07, 6.45) is 3.23. The Bertz CT molecular complexity index is 1010. The molecule has 154 valence electrons. The van der Waals surface area contributed by atoms with E-state index in [0.717, 1.165) is 17.1 Å². The van der Waals surface area contributed by atoms with Gasteiger partial charge in [-0.05, 0) is 46.9 Å². The number of benzene rings is 3. The lowest BCUT2D eigenvalue weighted by atomic mass is 9.96. The Balaban J connectivity index is 1.77. The van der Waals surface area contributed by atoms with Gasteiger partial charge >= 0.3 is 5.97 Å². The third-order valence-electron chi connectivity index (χ3n) is 4.55. The van der Waals surface area contributed by atoms with Gasteiger partial charge in [-0.15, -0.1) is 11.8 Å². The molecular weight excluding hydrogens is 416 g/mol. The normalized spacial score (nSPS) is 11.3. The zero-order valence-corrected chi connectivity index (χ0v) is 18.2. The second-order valence-electron chi connectivity index (χ2n) is 6.62. The van der Waals surface area contributed by atoms with E-state index in [1.165, 1.54) is 22.3 Å². The predicted molar refractivity (Wildman–Crippen MR) is 125 cm³/mol. The standard InChI is InChI=1S/C25H23ClO3S/c1-2-18-8-10-20(11-9-18)22(19-6-4-3-5-7-19)14-15-30-24-13-12-21(16-23(24)26)29-17-25(27)28/h3-14,16H,2,15,17H2,1H3,(H,27,28). The maximum atomic E-state index is 10.6. The summed E-state index contributed by atoms with van der Waals surface area (Å²) < 4.78 is 5.18. The van der Waals surface area contributed by atoms with Gasteiger partial charge in [0, 0.05) is 10.6 Å². The van der Waals surface area contributed by atoms with Crippen molar-refractivity contribution < 1.29 is 14.6 Å². The van der Waals surface area contributed by atoms with E-state index >= 15 is 0 Å². The summed E-state index contributed by atoms with van der Waals surface area (Å²) in [6.45, 7) is 1.77. The Morgan fingerprint density at radius 2 is 1.73 bits per heavy atom. The molecule has 0 amide bonds. The molecule has 3 nitrogen and oxygen atoms in total. The van der Waals surface area contributed by atoms with E-state index in [9.17, 15) is 4.79 Å². The van der Waals surface area contributed by atoms with Crippen LogP contribution in [0.2, 0.25) is 5.02 Å². The SMILES string of the molecule is CCc1ccc(C(=CCSc2ccc(OCC(=O)O)cc2Cl)c2ccccc2)cc1. The topological polar surface area (TPSA) is 46.5 Å². The number of hydrogen-bond donors (Lipinski definition) is 1. The maximum Gasteiger partial charge on any atom is 0.341 e. The molecule has 3 rings (SSSR count). The summed E-state index contributed by atoms with van der Waals surface area (Å²) in [7, 11) is 0. The molecule has 0 aliphatic rings. The van der Waals surface area contributed by atoms with Crippen molar-refractivity contribution in [2.45, 2.75) is 18.2 Å². The fourth-order valence-electron chi connectivity index (χ4n) is 2.99. The van der Waals surface area contributed by atoms with Crippen molar-refractivity contribution >= 4 is 34.9 Å². The predicted octanol–water partition coefficient (Wildman–Crippen LogP) is 6.59. The molecule has 0 heterocycles. The molecule has 0 atom stereocenters. The van der Waals surface area contributed by atoms with Gasteiger partial charge in [0.25, 0.3) is 0 Å². The second kappa shape index (κ2) is 10.9. The summed E-state index contributed by atoms with van der Waals surface area (Å²) in [5.74, 6) is 0.174. The van der Waals surface area contributed by atoms with Crippen LogP contribution in [0, 0.1) is 0 Å². The van der Waals surface area contributed by atoms with E-state index < -0.39 is 5.97 Å². The van der Waals surface area contributed by atoms with E-state index in [1.54, 1.807) is 23.9 Å². The third-order valence-corrected chi connectivity index (χ3v) is 5.98. The largest absolute Gasteiger partial charge is 0.482 e. The van der Waals surface area contributed by atoms with Crippen LogP contribution in [0.3, 0.4) is 0 Å². The molecule has 0 fully saturated rings. The highest BCUT2D eigenvalue weighted by atomic mass is 35.5. The van der Waals surface area contributed by atoms with Crippen molar-refractivity contribution in [3.05, 3.63) is 101 Å². The van der Waals surface area contributed by atoms with Gasteiger partial charge < -0.3 is 9.84 Å². The number of rotatable bonds is 9. The van der Waals surface area contributed by atoms with E-state index in [0.29, 0.717) is 10.8 Å². The molecule has 0 saturated carbocycles. The number of aliphatic carboxylic acids is 1. The number of ether oxygens (including phenoxy) is 1. The molecule has 0 radical (unpaired) electrons. The third kappa shape index (κ3) is 6.15. The fourth-order valence-corrected chi connectivity index (χ4v) is 4.11. The van der Waals surface area contributed by atoms with E-state index in [-0.39, 0.29) is 6.61 Å². The van der Waals surface area contributed by atoms with Gasteiger partial charge in [-0.1, -0.05) is 79.2 Å². The van der Waals surface area contributed by atoms with Crippen LogP contribution in [0.4, 0.5) is 0 Å². The first-order valence-corrected chi connectivity index (χ1v) is 11.0. The lowest BCUT2D eigenvalue weighted by Gasteiger charge is -2.11. The highest BCUT2D eigenvalue weighted by Gasteiger charge is 2.07. The van der Waals surface area contributed by atoms with E-state index in [1.807, 2.05) is 24.3 Å². The number of carboxylic acid groups (broad SMARTS) is 1. The Labute approximate surface area is 186 Å². The van der Waals surface area contributed by atoms with Crippen LogP contribution in [0.25, 0.3) is 5.57 Å². The highest BCUT2D eigenvalue weighted by Crippen LogP contribution is 2.32. The van der Waals surface area contributed by atoms with Gasteiger partial charge in [0.1, 0.15) is 5.75 Å². The molecule has 0 bridgehead atoms. The minimum absolute atomic E-state index is 0.386. The molecule has 5 heteroatoms. The second-order valence-corrected chi connectivity index (χ2v) is 8.09. The molecule has 1 N–H and O–H groups in total. The zero-order valence-electron chi connectivity index (χ0n) is 16.7. The molecule has 0 aromatic heterocycles. The van der Waals surface area contributed by atoms with Crippen molar-refractivity contribution in [2.75, 3.05) is 12.4 Å². The lowest BCUT2D eigenvalue weighted by molar-refractivity contribution is -0.139. The molecule has 0 aliphatic carbocycles. The number of halogens is 1. The Morgan fingerprint density at radius 3 is 2.37 bits per heavy atom. The van der Waals surface area contributed by atoms with Crippen molar-refractivity contribution in [3.8, 4) is 5.75 Å². The van der Waals surface area contributed by atoms with Crippen LogP contribution in [-0.4, -0.2) is 23.4 Å². The Morgan fingerprint density at radius 1 is 1.03 bits per heavy atom. The number of carbonyl (C=O) groups is 1. The lowest BCUT2D eigenvalue weighted by Crippen LogP contribution is -2.09. The number of thioether (sulfide) groups is 1. The smallest absolute Gasteiger partial charge is 0.341 e. The molecule has 0 aliphatic heterocycles. The monoisotopic (exact) mass is 438 g/mol. The molecule has 0 unspecified atom stereocenters. The Hall–Kier alpha value is -2.69. The molecule has 0 saturated heterocycles. The van der Waals surface area contributed by atoms with E-state index in [4.69, 9.17) is 21.4 Å². The summed E-state index contributed by atoms with van der Waals surface area (Å²) in [4.78, 5) is 11.6. The van der Waals surface area contributed by atoms with Crippen molar-refractivity contribution in [1.82, 2.24) is 0 Å². The highest BCUT2D eigenvalue weighted by molar-refractivity contribution is 7.99. The number of carboxylic acids is 1. The summed E-state index contributed by atoms with van der Waals surface area (Å²) in [6, 6.07) is 24.3. The number of aryl methyl sites for hydroxylation is 1. The van der Waals surface area contributed by atoms with Gasteiger partial charge in [-0.25, -0.2) is 4.79 Å². The average molecular weight is 439 g/mol. The van der Waals surface area contributed by atoms with Gasteiger partial charge in [0.2, 0.25) is 0 Å². The van der Waals surface area contributed by atoms with Crippen LogP contribution >= 0.6 is 23.4 Å². The summed E-state index contributed by atoms with van der Waals surface area (Å²) >= 11 is 7.98. The maximum absolute atomic E-state index is 10.6. The first kappa shape index (κ1) is 22.0. The molecule has 3 aromatic rings. The van der Waals surface area contributed by atoms with Crippen molar-refractivity contribution in [1.29, 1.82) is 0 Å². The van der Waals surface area contributed by atoms with Gasteiger partial charge in [-0.3, -0.25) is 0 Å². The molecule has 0 spiro atoms. The van der Waals surface area contributed by atoms with Gasteiger partial charge in [0.05, 0.1) is 5.02 Å². The molecule has 3 aromatic carbocycles. The number of hydrogen-bond acceptors (Lipinski definition) is 3. The van der Waals surface area contributed by atoms with Crippen molar-refractivity contribution in [2.24, 2.45) is 0 Å².